The average Bonchev–Trinajstić information content (AvgIpc) is 3.25. The molecule has 5 rings (SSSR count). The first-order valence-electron chi connectivity index (χ1n) is 13.4. The fourth-order valence-electron chi connectivity index (χ4n) is 5.81. The lowest BCUT2D eigenvalue weighted by molar-refractivity contribution is -0.130. The molecule has 3 aromatic rings. The van der Waals surface area contributed by atoms with Crippen LogP contribution in [0.1, 0.15) is 65.2 Å². The van der Waals surface area contributed by atoms with E-state index in [0.717, 1.165) is 29.7 Å². The van der Waals surface area contributed by atoms with Crippen molar-refractivity contribution in [2.45, 2.75) is 63.3 Å². The molecule has 0 radical (unpaired) electrons. The Bertz CT molecular complexity index is 1540. The largest absolute Gasteiger partial charge is 0.393 e. The minimum atomic E-state index is -4.62. The third kappa shape index (κ3) is 6.42. The summed E-state index contributed by atoms with van der Waals surface area (Å²) in [5.41, 5.74) is 3.52. The predicted molar refractivity (Wildman–Crippen MR) is 148 cm³/mol. The van der Waals surface area contributed by atoms with Gasteiger partial charge in [-0.2, -0.15) is 21.6 Å². The minimum Gasteiger partial charge on any atom is -0.393 e. The monoisotopic (exact) mass is 610 g/mol. The van der Waals surface area contributed by atoms with Crippen LogP contribution in [0.15, 0.2) is 54.7 Å². The second-order valence-electron chi connectivity index (χ2n) is 10.7. The molecule has 0 saturated heterocycles. The van der Waals surface area contributed by atoms with Gasteiger partial charge in [-0.15, -0.1) is 0 Å². The van der Waals surface area contributed by atoms with E-state index in [1.807, 2.05) is 40.8 Å². The molecule has 1 aromatic heterocycles. The first-order valence-corrected chi connectivity index (χ1v) is 15.3. The van der Waals surface area contributed by atoms with Gasteiger partial charge < -0.3 is 18.8 Å². The minimum absolute atomic E-state index is 0.104. The number of fused-ring (bicyclic) bond motifs is 1. The van der Waals surface area contributed by atoms with Gasteiger partial charge in [-0.3, -0.25) is 4.79 Å². The number of carbonyl (C=O) groups excluding carboxylic acids is 1. The van der Waals surface area contributed by atoms with Gasteiger partial charge in [0.1, 0.15) is 5.75 Å². The molecule has 2 aromatic carbocycles. The molecule has 41 heavy (non-hydrogen) atoms. The van der Waals surface area contributed by atoms with E-state index >= 15 is 0 Å². The zero-order valence-corrected chi connectivity index (χ0v) is 23.8. The van der Waals surface area contributed by atoms with Crippen LogP contribution in [0, 0.1) is 6.92 Å². The van der Waals surface area contributed by atoms with E-state index in [9.17, 15) is 31.5 Å². The van der Waals surface area contributed by atoms with Crippen molar-refractivity contribution in [1.82, 2.24) is 9.47 Å². The molecule has 0 spiro atoms. The van der Waals surface area contributed by atoms with Crippen molar-refractivity contribution in [3.05, 3.63) is 82.1 Å². The Morgan fingerprint density at radius 1 is 1.10 bits per heavy atom. The maximum Gasteiger partial charge on any atom is 0.390 e. The number of alkyl halides is 3. The van der Waals surface area contributed by atoms with Gasteiger partial charge in [-0.05, 0) is 68.0 Å². The molecule has 1 amide bonds. The van der Waals surface area contributed by atoms with Crippen molar-refractivity contribution in [2.75, 3.05) is 12.3 Å². The zero-order chi connectivity index (χ0) is 29.5. The number of nitrogens with zero attached hydrogens (tertiary/aromatic N) is 2. The van der Waals surface area contributed by atoms with Crippen LogP contribution in [0.25, 0.3) is 5.69 Å². The molecule has 1 N–H and O–H groups in total. The first-order chi connectivity index (χ1) is 19.3. The van der Waals surface area contributed by atoms with Gasteiger partial charge in [0.25, 0.3) is 5.91 Å². The zero-order valence-electron chi connectivity index (χ0n) is 22.3. The predicted octanol–water partition coefficient (Wildman–Crippen LogP) is 5.99. The molecule has 1 fully saturated rings. The molecular weight excluding hydrogens is 581 g/mol. The number of para-hydroxylation sites is 1. The molecule has 2 heterocycles. The smallest absolute Gasteiger partial charge is 0.390 e. The van der Waals surface area contributed by atoms with Gasteiger partial charge in [0.2, 0.25) is 0 Å². The van der Waals surface area contributed by atoms with Gasteiger partial charge in [0, 0.05) is 30.4 Å². The van der Waals surface area contributed by atoms with Crippen LogP contribution in [-0.2, 0) is 10.1 Å². The van der Waals surface area contributed by atoms with Crippen molar-refractivity contribution >= 4 is 27.6 Å². The molecular formula is C29H30ClF3N2O5S. The molecule has 0 bridgehead atoms. The SMILES string of the molecule is Cc1cn(-c2ccccc2Cl)c2c1C(=O)N(C1CCCC(O)C1)CC2c1ccc(OS(=O)(=O)CCC(F)(F)F)cc1. The maximum atomic E-state index is 13.9. The van der Waals surface area contributed by atoms with Crippen LogP contribution in [-0.4, -0.2) is 59.5 Å². The number of halogens is 4. The summed E-state index contributed by atoms with van der Waals surface area (Å²) in [6, 6.07) is 13.3. The lowest BCUT2D eigenvalue weighted by Crippen LogP contribution is -2.49. The number of amides is 1. The summed E-state index contributed by atoms with van der Waals surface area (Å²) in [5.74, 6) is -1.75. The van der Waals surface area contributed by atoms with E-state index in [2.05, 4.69) is 0 Å². The third-order valence-electron chi connectivity index (χ3n) is 7.73. The number of aliphatic hydroxyl groups excluding tert-OH is 1. The van der Waals surface area contributed by atoms with Gasteiger partial charge in [0.05, 0.1) is 34.6 Å². The summed E-state index contributed by atoms with van der Waals surface area (Å²) in [5, 5.41) is 10.8. The van der Waals surface area contributed by atoms with Crippen molar-refractivity contribution in [3.63, 3.8) is 0 Å². The Balaban J connectivity index is 1.53. The van der Waals surface area contributed by atoms with Crippen molar-refractivity contribution in [3.8, 4) is 11.4 Å². The van der Waals surface area contributed by atoms with Crippen LogP contribution in [0.3, 0.4) is 0 Å². The Labute approximate surface area is 241 Å². The Hall–Kier alpha value is -3.02. The molecule has 3 unspecified atom stereocenters. The Morgan fingerprint density at radius 3 is 2.46 bits per heavy atom. The Morgan fingerprint density at radius 2 is 1.80 bits per heavy atom. The number of hydrogen-bond acceptors (Lipinski definition) is 5. The third-order valence-corrected chi connectivity index (χ3v) is 9.20. The summed E-state index contributed by atoms with van der Waals surface area (Å²) in [4.78, 5) is 15.7. The maximum absolute atomic E-state index is 13.9. The number of carbonyl (C=O) groups is 1. The number of benzene rings is 2. The van der Waals surface area contributed by atoms with E-state index in [4.69, 9.17) is 15.8 Å². The Kier molecular flexibility index (Phi) is 8.15. The number of rotatable bonds is 7. The standard InChI is InChI=1S/C29H30ClF3N2O5S/c1-18-16-35(25-8-3-2-7-24(25)30)27-23(17-34(28(37)26(18)27)20-5-4-6-21(36)15-20)19-9-11-22(12-10-19)40-41(38,39)14-13-29(31,32)33/h2-3,7-12,16,20-21,23,36H,4-6,13-15,17H2,1H3. The van der Waals surface area contributed by atoms with Crippen LogP contribution < -0.4 is 4.18 Å². The molecule has 1 saturated carbocycles. The molecule has 12 heteroatoms. The van der Waals surface area contributed by atoms with E-state index in [-0.39, 0.29) is 23.6 Å². The molecule has 3 atom stereocenters. The summed E-state index contributed by atoms with van der Waals surface area (Å²) < 4.78 is 68.6. The second-order valence-corrected chi connectivity index (χ2v) is 12.8. The summed E-state index contributed by atoms with van der Waals surface area (Å²) in [6.45, 7) is 2.18. The topological polar surface area (TPSA) is 88.8 Å². The molecule has 1 aliphatic heterocycles. The van der Waals surface area contributed by atoms with Crippen LogP contribution in [0.2, 0.25) is 5.02 Å². The number of aromatic nitrogens is 1. The fourth-order valence-corrected chi connectivity index (χ4v) is 7.01. The quantitative estimate of drug-likeness (QED) is 0.332. The highest BCUT2D eigenvalue weighted by Crippen LogP contribution is 2.41. The number of aliphatic hydroxyl groups is 1. The van der Waals surface area contributed by atoms with E-state index in [1.54, 1.807) is 18.2 Å². The highest BCUT2D eigenvalue weighted by molar-refractivity contribution is 7.87. The van der Waals surface area contributed by atoms with Crippen molar-refractivity contribution in [1.29, 1.82) is 0 Å². The van der Waals surface area contributed by atoms with Gasteiger partial charge >= 0.3 is 16.3 Å². The first kappa shape index (κ1) is 29.5. The highest BCUT2D eigenvalue weighted by Gasteiger charge is 2.41. The summed E-state index contributed by atoms with van der Waals surface area (Å²) in [6.07, 6.45) is -1.96. The number of aryl methyl sites for hydroxylation is 1. The summed E-state index contributed by atoms with van der Waals surface area (Å²) in [7, 11) is -4.45. The normalized spacial score (nSPS) is 21.6. The fraction of sp³-hybridized carbons (Fsp3) is 0.414. The van der Waals surface area contributed by atoms with E-state index < -0.39 is 34.6 Å². The molecule has 7 nitrogen and oxygen atoms in total. The average molecular weight is 611 g/mol. The highest BCUT2D eigenvalue weighted by atomic mass is 35.5. The molecule has 220 valence electrons. The lowest BCUT2D eigenvalue weighted by atomic mass is 9.84. The van der Waals surface area contributed by atoms with Crippen molar-refractivity contribution < 1.29 is 35.7 Å². The number of hydrogen-bond donors (Lipinski definition) is 1. The van der Waals surface area contributed by atoms with Crippen LogP contribution in [0.5, 0.6) is 5.75 Å². The van der Waals surface area contributed by atoms with Crippen LogP contribution in [0.4, 0.5) is 13.2 Å². The summed E-state index contributed by atoms with van der Waals surface area (Å²) >= 11 is 6.56. The van der Waals surface area contributed by atoms with Gasteiger partial charge in [-0.1, -0.05) is 35.9 Å². The van der Waals surface area contributed by atoms with Crippen LogP contribution >= 0.6 is 11.6 Å². The van der Waals surface area contributed by atoms with Crippen molar-refractivity contribution in [2.24, 2.45) is 0 Å². The molecule has 2 aliphatic rings. The molecule has 1 aliphatic carbocycles. The van der Waals surface area contributed by atoms with Gasteiger partial charge in [-0.25, -0.2) is 0 Å². The van der Waals surface area contributed by atoms with E-state index in [1.165, 1.54) is 12.1 Å². The second kappa shape index (κ2) is 11.3. The van der Waals surface area contributed by atoms with Gasteiger partial charge in [0.15, 0.2) is 0 Å². The lowest BCUT2D eigenvalue weighted by Gasteiger charge is -2.41. The van der Waals surface area contributed by atoms with E-state index in [0.29, 0.717) is 35.7 Å².